The van der Waals surface area contributed by atoms with Crippen molar-refractivity contribution in [1.82, 2.24) is 15.8 Å². The number of cyclic esters (lactones) is 1. The zero-order chi connectivity index (χ0) is 25.5. The molecule has 3 fully saturated rings. The topological polar surface area (TPSA) is 143 Å². The summed E-state index contributed by atoms with van der Waals surface area (Å²) >= 11 is 0. The number of amides is 5. The lowest BCUT2D eigenvalue weighted by atomic mass is 9.66. The first-order valence-electron chi connectivity index (χ1n) is 11.8. The summed E-state index contributed by atoms with van der Waals surface area (Å²) in [6.07, 6.45) is -1.21. The largest absolute Gasteiger partial charge is 0.447 e. The third-order valence-corrected chi connectivity index (χ3v) is 7.61. The van der Waals surface area contributed by atoms with Crippen LogP contribution in [0.15, 0.2) is 10.6 Å². The molecule has 4 aliphatic rings. The SMILES string of the molecule is CC[C@H]1COC(=O)N1c1noc2c(F)c3c(cc12)CC1(C(=O)NC(=O)NC1=O)[C@H]1[C@H](C)O[C@H](C)CN31. The van der Waals surface area contributed by atoms with Gasteiger partial charge in [0.2, 0.25) is 17.4 Å². The maximum absolute atomic E-state index is 16.2. The van der Waals surface area contributed by atoms with Crippen LogP contribution in [0.25, 0.3) is 11.0 Å². The number of morpholine rings is 1. The van der Waals surface area contributed by atoms with E-state index in [0.717, 1.165) is 0 Å². The Hall–Kier alpha value is -3.74. The maximum atomic E-state index is 16.2. The zero-order valence-corrected chi connectivity index (χ0v) is 19.8. The van der Waals surface area contributed by atoms with Crippen molar-refractivity contribution in [3.63, 3.8) is 0 Å². The number of imide groups is 2. The molecule has 36 heavy (non-hydrogen) atoms. The number of hydrogen-bond acceptors (Lipinski definition) is 9. The smallest absolute Gasteiger partial charge is 0.416 e. The van der Waals surface area contributed by atoms with Gasteiger partial charge in [-0.25, -0.2) is 14.0 Å². The Morgan fingerprint density at radius 2 is 1.92 bits per heavy atom. The molecular formula is C23H24FN5O7. The number of carbonyl (C=O) groups is 4. The number of halogens is 1. The molecule has 2 aromatic rings. The fraction of sp³-hybridized carbons (Fsp3) is 0.522. The number of urea groups is 1. The highest BCUT2D eigenvalue weighted by Crippen LogP contribution is 2.50. The number of barbiturate groups is 1. The molecule has 5 amide bonds. The monoisotopic (exact) mass is 501 g/mol. The van der Waals surface area contributed by atoms with Gasteiger partial charge in [0.15, 0.2) is 17.1 Å². The van der Waals surface area contributed by atoms with Gasteiger partial charge in [-0.15, -0.1) is 0 Å². The average molecular weight is 501 g/mol. The average Bonchev–Trinajstić information content (AvgIpc) is 3.39. The quantitative estimate of drug-likeness (QED) is 0.587. The van der Waals surface area contributed by atoms with Gasteiger partial charge in [-0.1, -0.05) is 12.1 Å². The van der Waals surface area contributed by atoms with E-state index in [9.17, 15) is 19.2 Å². The predicted octanol–water partition coefficient (Wildman–Crippen LogP) is 1.59. The Kier molecular flexibility index (Phi) is 4.81. The highest BCUT2D eigenvalue weighted by atomic mass is 19.1. The molecule has 1 aromatic carbocycles. The van der Waals surface area contributed by atoms with Gasteiger partial charge >= 0.3 is 12.1 Å². The lowest BCUT2D eigenvalue weighted by Crippen LogP contribution is -2.75. The Bertz CT molecular complexity index is 1320. The molecule has 0 radical (unpaired) electrons. The van der Waals surface area contributed by atoms with E-state index >= 15 is 4.39 Å². The van der Waals surface area contributed by atoms with E-state index in [1.54, 1.807) is 17.9 Å². The second-order valence-corrected chi connectivity index (χ2v) is 9.72. The summed E-state index contributed by atoms with van der Waals surface area (Å²) in [6.45, 7) is 5.77. The fourth-order valence-corrected chi connectivity index (χ4v) is 6.13. The van der Waals surface area contributed by atoms with Gasteiger partial charge in [0.05, 0.1) is 35.4 Å². The van der Waals surface area contributed by atoms with Crippen LogP contribution in [0.4, 0.5) is 25.5 Å². The molecule has 0 aliphatic carbocycles. The number of rotatable bonds is 2. The van der Waals surface area contributed by atoms with Crippen molar-refractivity contribution in [1.29, 1.82) is 0 Å². The molecule has 190 valence electrons. The normalized spacial score (nSPS) is 29.2. The lowest BCUT2D eigenvalue weighted by Gasteiger charge is -2.55. The molecule has 13 heteroatoms. The van der Waals surface area contributed by atoms with Gasteiger partial charge in [0.25, 0.3) is 0 Å². The lowest BCUT2D eigenvalue weighted by molar-refractivity contribution is -0.153. The van der Waals surface area contributed by atoms with Crippen molar-refractivity contribution >= 4 is 46.4 Å². The van der Waals surface area contributed by atoms with E-state index in [-0.39, 0.29) is 54.2 Å². The van der Waals surface area contributed by atoms with Crippen LogP contribution < -0.4 is 20.4 Å². The minimum absolute atomic E-state index is 0.105. The molecule has 4 atom stereocenters. The molecule has 1 spiro atoms. The minimum Gasteiger partial charge on any atom is -0.447 e. The molecule has 0 unspecified atom stereocenters. The van der Waals surface area contributed by atoms with Crippen LogP contribution in [0.1, 0.15) is 32.8 Å². The Morgan fingerprint density at radius 1 is 1.19 bits per heavy atom. The number of carbonyl (C=O) groups excluding carboxylic acids is 4. The third kappa shape index (κ3) is 2.85. The molecule has 3 saturated heterocycles. The van der Waals surface area contributed by atoms with Gasteiger partial charge < -0.3 is 18.9 Å². The number of benzene rings is 1. The fourth-order valence-electron chi connectivity index (χ4n) is 6.13. The van der Waals surface area contributed by atoms with Gasteiger partial charge in [0.1, 0.15) is 6.61 Å². The van der Waals surface area contributed by atoms with Crippen molar-refractivity contribution in [3.05, 3.63) is 17.4 Å². The van der Waals surface area contributed by atoms with E-state index < -0.39 is 47.3 Å². The Labute approximate surface area is 204 Å². The van der Waals surface area contributed by atoms with Gasteiger partial charge in [-0.3, -0.25) is 25.1 Å². The van der Waals surface area contributed by atoms with Crippen LogP contribution in [0.2, 0.25) is 0 Å². The van der Waals surface area contributed by atoms with Crippen molar-refractivity contribution in [2.75, 3.05) is 23.0 Å². The standard InChI is InChI=1S/C23H24FN5O7/c1-4-12-8-34-22(33)29(12)18-13-5-11-6-23(19(30)25-21(32)26-20(23)31)17-10(3)35-9(2)7-28(17)15(11)14(24)16(13)36-27-18/h5,9-10,12,17H,4,6-8H2,1-3H3,(H2,25,26,30,31,32)/t9-,10+,12+,17-/m1/s1. The number of nitrogens with one attached hydrogen (secondary N) is 2. The van der Waals surface area contributed by atoms with Crippen LogP contribution in [-0.2, 0) is 25.5 Å². The predicted molar refractivity (Wildman–Crippen MR) is 121 cm³/mol. The van der Waals surface area contributed by atoms with Crippen LogP contribution in [0.5, 0.6) is 0 Å². The molecule has 4 aliphatic heterocycles. The minimum atomic E-state index is -1.75. The summed E-state index contributed by atoms with van der Waals surface area (Å²) in [4.78, 5) is 53.9. The third-order valence-electron chi connectivity index (χ3n) is 7.61. The van der Waals surface area contributed by atoms with E-state index in [0.29, 0.717) is 12.0 Å². The summed E-state index contributed by atoms with van der Waals surface area (Å²) in [7, 11) is 0. The van der Waals surface area contributed by atoms with Gasteiger partial charge in [0, 0.05) is 13.0 Å². The van der Waals surface area contributed by atoms with Gasteiger partial charge in [-0.2, -0.15) is 0 Å². The van der Waals surface area contributed by atoms with E-state index in [2.05, 4.69) is 15.8 Å². The van der Waals surface area contributed by atoms with Crippen molar-refractivity contribution in [3.8, 4) is 0 Å². The van der Waals surface area contributed by atoms with Gasteiger partial charge in [-0.05, 0) is 31.9 Å². The summed E-state index contributed by atoms with van der Waals surface area (Å²) in [5.74, 6) is -2.16. The molecule has 6 rings (SSSR count). The number of aromatic nitrogens is 1. The summed E-state index contributed by atoms with van der Waals surface area (Å²) in [5, 5.41) is 8.62. The Balaban J connectivity index is 1.57. The zero-order valence-electron chi connectivity index (χ0n) is 19.8. The van der Waals surface area contributed by atoms with Crippen molar-refractivity contribution < 1.29 is 37.6 Å². The molecule has 5 heterocycles. The van der Waals surface area contributed by atoms with Crippen LogP contribution >= 0.6 is 0 Å². The molecule has 0 saturated carbocycles. The van der Waals surface area contributed by atoms with E-state index in [1.807, 2.05) is 13.8 Å². The molecule has 12 nitrogen and oxygen atoms in total. The molecule has 2 N–H and O–H groups in total. The highest BCUT2D eigenvalue weighted by Gasteiger charge is 2.63. The summed E-state index contributed by atoms with van der Waals surface area (Å²) in [5.41, 5.74) is -1.37. The highest BCUT2D eigenvalue weighted by molar-refractivity contribution is 6.20. The first-order valence-corrected chi connectivity index (χ1v) is 11.8. The van der Waals surface area contributed by atoms with E-state index in [1.165, 1.54) is 4.90 Å². The number of anilines is 2. The van der Waals surface area contributed by atoms with Crippen LogP contribution in [0, 0.1) is 11.2 Å². The summed E-state index contributed by atoms with van der Waals surface area (Å²) < 4.78 is 32.7. The van der Waals surface area contributed by atoms with Crippen LogP contribution in [-0.4, -0.2) is 66.5 Å². The number of ether oxygens (including phenoxy) is 2. The van der Waals surface area contributed by atoms with Crippen molar-refractivity contribution in [2.24, 2.45) is 5.41 Å². The number of fused-ring (bicyclic) bond motifs is 5. The molecule has 0 bridgehead atoms. The maximum Gasteiger partial charge on any atom is 0.416 e. The van der Waals surface area contributed by atoms with Crippen molar-refractivity contribution in [2.45, 2.75) is 57.9 Å². The summed E-state index contributed by atoms with van der Waals surface area (Å²) in [6, 6.07) is -0.506. The number of nitrogens with zero attached hydrogens (tertiary/aromatic N) is 3. The first-order chi connectivity index (χ1) is 17.2. The van der Waals surface area contributed by atoms with Crippen LogP contribution in [0.3, 0.4) is 0 Å². The molecule has 1 aromatic heterocycles. The second kappa shape index (κ2) is 7.63. The molecular weight excluding hydrogens is 477 g/mol. The Morgan fingerprint density at radius 3 is 2.61 bits per heavy atom. The number of hydrogen-bond donors (Lipinski definition) is 2. The van der Waals surface area contributed by atoms with E-state index in [4.69, 9.17) is 14.0 Å². The second-order valence-electron chi connectivity index (χ2n) is 9.72. The first kappa shape index (κ1) is 22.7.